The molecule has 0 bridgehead atoms. The Morgan fingerprint density at radius 2 is 1.82 bits per heavy atom. The summed E-state index contributed by atoms with van der Waals surface area (Å²) in [7, 11) is 2.84. The van der Waals surface area contributed by atoms with E-state index in [2.05, 4.69) is 16.0 Å². The quantitative estimate of drug-likeness (QED) is 0.363. The Labute approximate surface area is 229 Å². The molecule has 0 spiro atoms. The Kier molecular flexibility index (Phi) is 9.72. The molecule has 2 aromatic rings. The lowest BCUT2D eigenvalue weighted by molar-refractivity contribution is -0.133. The number of nitrogens with one attached hydrogen (secondary N) is 3. The zero-order chi connectivity index (χ0) is 28.7. The number of hydrogen-bond acceptors (Lipinski definition) is 7. The van der Waals surface area contributed by atoms with Crippen LogP contribution in [0.25, 0.3) is 0 Å². The van der Waals surface area contributed by atoms with Crippen molar-refractivity contribution in [1.82, 2.24) is 15.5 Å². The minimum absolute atomic E-state index is 0.00544. The zero-order valence-corrected chi connectivity index (χ0v) is 22.3. The number of carboxylic acids is 1. The van der Waals surface area contributed by atoms with Crippen LogP contribution >= 0.6 is 11.6 Å². The fraction of sp³-hybridized carbons (Fsp3) is 0.346. The first-order valence-electron chi connectivity index (χ1n) is 12.0. The Balaban J connectivity index is 1.77. The molecule has 1 aliphatic rings. The topological polar surface area (TPSA) is 163 Å². The van der Waals surface area contributed by atoms with Gasteiger partial charge in [0.05, 0.1) is 31.4 Å². The summed E-state index contributed by atoms with van der Waals surface area (Å²) in [5, 5.41) is 17.4. The van der Waals surface area contributed by atoms with E-state index in [1.165, 1.54) is 32.4 Å². The summed E-state index contributed by atoms with van der Waals surface area (Å²) in [6.07, 6.45) is 0.278. The summed E-state index contributed by atoms with van der Waals surface area (Å²) >= 11 is 6.11. The molecular weight excluding hydrogens is 532 g/mol. The molecule has 39 heavy (non-hydrogen) atoms. The Morgan fingerprint density at radius 3 is 2.46 bits per heavy atom. The lowest BCUT2D eigenvalue weighted by Crippen LogP contribution is -2.53. The van der Waals surface area contributed by atoms with Crippen molar-refractivity contribution in [3.8, 4) is 11.5 Å². The van der Waals surface area contributed by atoms with Gasteiger partial charge in [-0.05, 0) is 54.8 Å². The molecule has 12 nitrogen and oxygen atoms in total. The highest BCUT2D eigenvalue weighted by molar-refractivity contribution is 6.30. The molecule has 2 aromatic carbocycles. The van der Waals surface area contributed by atoms with Gasteiger partial charge in [-0.2, -0.15) is 0 Å². The Bertz CT molecular complexity index is 1280. The number of halogens is 1. The first-order chi connectivity index (χ1) is 18.6. The number of urea groups is 1. The number of benzene rings is 2. The van der Waals surface area contributed by atoms with Gasteiger partial charge in [-0.25, -0.2) is 9.59 Å². The van der Waals surface area contributed by atoms with Gasteiger partial charge in [0.2, 0.25) is 17.7 Å². The molecule has 1 fully saturated rings. The second-order valence-electron chi connectivity index (χ2n) is 8.71. The van der Waals surface area contributed by atoms with E-state index in [0.29, 0.717) is 16.3 Å². The third-order valence-corrected chi connectivity index (χ3v) is 6.38. The molecule has 4 N–H and O–H groups in total. The van der Waals surface area contributed by atoms with Gasteiger partial charge in [0.25, 0.3) is 0 Å². The highest BCUT2D eigenvalue weighted by atomic mass is 35.5. The molecule has 208 valence electrons. The van der Waals surface area contributed by atoms with E-state index in [9.17, 15) is 29.1 Å². The van der Waals surface area contributed by atoms with Crippen LogP contribution in [0, 0.1) is 5.92 Å². The minimum atomic E-state index is -1.20. The number of anilines is 1. The van der Waals surface area contributed by atoms with Gasteiger partial charge in [-0.15, -0.1) is 0 Å². The lowest BCUT2D eigenvalue weighted by atomic mass is 9.97. The Morgan fingerprint density at radius 1 is 1.13 bits per heavy atom. The normalized spacial score (nSPS) is 16.0. The average molecular weight is 561 g/mol. The molecule has 1 aliphatic heterocycles. The smallest absolute Gasteiger partial charge is 0.335 e. The molecule has 3 rings (SSSR count). The minimum Gasteiger partial charge on any atom is -0.496 e. The van der Waals surface area contributed by atoms with Crippen molar-refractivity contribution in [3.05, 3.63) is 52.5 Å². The first-order valence-corrected chi connectivity index (χ1v) is 12.4. The third kappa shape index (κ3) is 7.17. The number of imide groups is 1. The Hall–Kier alpha value is -4.32. The monoisotopic (exact) mass is 560 g/mol. The van der Waals surface area contributed by atoms with Gasteiger partial charge in [-0.3, -0.25) is 19.3 Å². The van der Waals surface area contributed by atoms with Gasteiger partial charge in [-0.1, -0.05) is 18.5 Å². The van der Waals surface area contributed by atoms with Gasteiger partial charge >= 0.3 is 12.0 Å². The van der Waals surface area contributed by atoms with Gasteiger partial charge < -0.3 is 30.5 Å². The predicted octanol–water partition coefficient (Wildman–Crippen LogP) is 2.30. The molecular formula is C26H29ClN4O8. The van der Waals surface area contributed by atoms with Crippen LogP contribution in [0.2, 0.25) is 5.02 Å². The van der Waals surface area contributed by atoms with Crippen LogP contribution in [0.15, 0.2) is 36.4 Å². The van der Waals surface area contributed by atoms with E-state index >= 15 is 0 Å². The molecule has 1 heterocycles. The maximum absolute atomic E-state index is 13.4. The summed E-state index contributed by atoms with van der Waals surface area (Å²) in [6.45, 7) is 1.11. The maximum Gasteiger partial charge on any atom is 0.335 e. The number of carbonyl (C=O) groups excluding carboxylic acids is 4. The maximum atomic E-state index is 13.4. The van der Waals surface area contributed by atoms with E-state index in [0.717, 1.165) is 4.90 Å². The second-order valence-corrected chi connectivity index (χ2v) is 9.14. The number of methoxy groups -OCH3 is 2. The second kappa shape index (κ2) is 13.0. The molecule has 0 radical (unpaired) electrons. The summed E-state index contributed by atoms with van der Waals surface area (Å²) in [5.74, 6) is -3.09. The largest absolute Gasteiger partial charge is 0.496 e. The summed E-state index contributed by atoms with van der Waals surface area (Å²) in [5.41, 5.74) is 0.644. The summed E-state index contributed by atoms with van der Waals surface area (Å²) < 4.78 is 10.5. The van der Waals surface area contributed by atoms with E-state index in [-0.39, 0.29) is 36.4 Å². The van der Waals surface area contributed by atoms with E-state index in [1.54, 1.807) is 25.1 Å². The van der Waals surface area contributed by atoms with Gasteiger partial charge in [0.1, 0.15) is 24.1 Å². The molecule has 0 saturated carbocycles. The summed E-state index contributed by atoms with van der Waals surface area (Å²) in [6, 6.07) is 6.86. The highest BCUT2D eigenvalue weighted by Gasteiger charge is 2.36. The van der Waals surface area contributed by atoms with Crippen molar-refractivity contribution in [1.29, 1.82) is 0 Å². The van der Waals surface area contributed by atoms with Crippen LogP contribution in [0.3, 0.4) is 0 Å². The van der Waals surface area contributed by atoms with Gasteiger partial charge in [0, 0.05) is 11.6 Å². The number of hydrogen-bond donors (Lipinski definition) is 4. The zero-order valence-electron chi connectivity index (χ0n) is 21.6. The van der Waals surface area contributed by atoms with E-state index in [4.69, 9.17) is 21.1 Å². The van der Waals surface area contributed by atoms with Crippen molar-refractivity contribution >= 4 is 47.0 Å². The molecule has 0 aliphatic carbocycles. The van der Waals surface area contributed by atoms with Crippen molar-refractivity contribution in [2.45, 2.75) is 25.8 Å². The first kappa shape index (κ1) is 29.2. The molecule has 1 saturated heterocycles. The average Bonchev–Trinajstić information content (AvgIpc) is 3.05. The molecule has 2 atom stereocenters. The van der Waals surface area contributed by atoms with Crippen LogP contribution in [-0.2, 0) is 20.8 Å². The van der Waals surface area contributed by atoms with Crippen LogP contribution in [-0.4, -0.2) is 73.1 Å². The number of carboxylic acid groups (broad SMARTS) is 1. The summed E-state index contributed by atoms with van der Waals surface area (Å²) in [4.78, 5) is 64.0. The van der Waals surface area contributed by atoms with E-state index in [1.807, 2.05) is 0 Å². The van der Waals surface area contributed by atoms with E-state index < -0.39 is 48.2 Å². The molecule has 1 unspecified atom stereocenters. The number of aromatic carboxylic acids is 1. The number of amides is 5. The van der Waals surface area contributed by atoms with Crippen molar-refractivity contribution < 1.29 is 38.6 Å². The number of ether oxygens (including phenoxy) is 2. The van der Waals surface area contributed by atoms with Crippen molar-refractivity contribution in [2.75, 3.05) is 32.6 Å². The third-order valence-electron chi connectivity index (χ3n) is 6.14. The predicted molar refractivity (Wildman–Crippen MR) is 141 cm³/mol. The molecule has 5 amide bonds. The van der Waals surface area contributed by atoms with Crippen molar-refractivity contribution in [3.63, 3.8) is 0 Å². The van der Waals surface area contributed by atoms with Crippen LogP contribution in [0.5, 0.6) is 11.5 Å². The fourth-order valence-electron chi connectivity index (χ4n) is 4.06. The molecule has 0 aromatic heterocycles. The van der Waals surface area contributed by atoms with Crippen molar-refractivity contribution in [2.24, 2.45) is 5.92 Å². The van der Waals surface area contributed by atoms with Crippen LogP contribution in [0.1, 0.15) is 29.3 Å². The van der Waals surface area contributed by atoms with Crippen LogP contribution in [0.4, 0.5) is 10.5 Å². The fourth-order valence-corrected chi connectivity index (χ4v) is 4.26. The number of carbonyl (C=O) groups is 5. The van der Waals surface area contributed by atoms with Gasteiger partial charge in [0.15, 0.2) is 0 Å². The lowest BCUT2D eigenvalue weighted by Gasteiger charge is -2.25. The van der Waals surface area contributed by atoms with Crippen LogP contribution < -0.4 is 25.4 Å². The highest BCUT2D eigenvalue weighted by Crippen LogP contribution is 2.27. The molecule has 13 heteroatoms. The number of nitrogens with zero attached hydrogens (tertiary/aromatic N) is 1. The SMILES string of the molecule is CC[C@@H](NC(=O)N1CC(=O)NCC(Cc2cc(Cl)ccc2OC)C1=O)C(=O)Nc1cc(C(=O)O)ccc1OC. The standard InChI is InChI=1S/C26H29ClN4O8/c1-4-18(23(33)29-19-11-14(25(35)36)5-7-21(19)39-3)30-26(37)31-13-22(32)28-12-16(24(31)34)9-15-10-17(27)6-8-20(15)38-2/h5-8,10-11,16,18H,4,9,12-13H2,1-3H3,(H,28,32)(H,29,33)(H,30,37)(H,35,36)/t16?,18-/m1/s1. The number of rotatable bonds is 9.